The molecule has 0 bridgehead atoms. The van der Waals surface area contributed by atoms with Crippen LogP contribution in [0.15, 0.2) is 51.3 Å². The van der Waals surface area contributed by atoms with Crippen LogP contribution in [0.25, 0.3) is 0 Å². The van der Waals surface area contributed by atoms with E-state index in [9.17, 15) is 14.2 Å². The van der Waals surface area contributed by atoms with Gasteiger partial charge in [0.2, 0.25) is 0 Å². The van der Waals surface area contributed by atoms with Gasteiger partial charge in [-0.15, -0.1) is 0 Å². The zero-order valence-corrected chi connectivity index (χ0v) is 15.9. The molecule has 6 heteroatoms. The SMILES string of the molecule is CC(C)(C)[S+]([O-])N=C(c1cccc(Br)c1)c1cc(F)ccc1C#N. The second-order valence-corrected chi connectivity index (χ2v) is 8.93. The van der Waals surface area contributed by atoms with Gasteiger partial charge in [0.1, 0.15) is 27.6 Å². The molecule has 0 amide bonds. The van der Waals surface area contributed by atoms with Gasteiger partial charge in [-0.05, 0) is 51.1 Å². The maximum atomic E-state index is 13.8. The third-order valence-electron chi connectivity index (χ3n) is 3.15. The van der Waals surface area contributed by atoms with Gasteiger partial charge in [0, 0.05) is 15.6 Å². The molecule has 0 aliphatic heterocycles. The van der Waals surface area contributed by atoms with Crippen LogP contribution in [-0.4, -0.2) is 15.0 Å². The van der Waals surface area contributed by atoms with Crippen molar-refractivity contribution in [2.75, 3.05) is 0 Å². The minimum atomic E-state index is -1.55. The molecule has 0 heterocycles. The van der Waals surface area contributed by atoms with Crippen molar-refractivity contribution >= 4 is 33.0 Å². The van der Waals surface area contributed by atoms with Crippen LogP contribution in [0, 0.1) is 17.1 Å². The first-order valence-electron chi connectivity index (χ1n) is 7.19. The van der Waals surface area contributed by atoms with Crippen molar-refractivity contribution in [3.63, 3.8) is 0 Å². The first-order valence-corrected chi connectivity index (χ1v) is 9.09. The summed E-state index contributed by atoms with van der Waals surface area (Å²) in [7, 11) is 0. The molecule has 1 unspecified atom stereocenters. The van der Waals surface area contributed by atoms with E-state index in [1.165, 1.54) is 18.2 Å². The maximum absolute atomic E-state index is 13.8. The second-order valence-electron chi connectivity index (χ2n) is 6.11. The van der Waals surface area contributed by atoms with E-state index >= 15 is 0 Å². The minimum Gasteiger partial charge on any atom is -0.591 e. The van der Waals surface area contributed by atoms with E-state index in [0.29, 0.717) is 16.8 Å². The molecule has 0 N–H and O–H groups in total. The monoisotopic (exact) mass is 406 g/mol. The molecule has 2 rings (SSSR count). The number of nitrogens with zero attached hydrogens (tertiary/aromatic N) is 2. The first kappa shape index (κ1) is 18.7. The van der Waals surface area contributed by atoms with Crippen LogP contribution >= 0.6 is 15.9 Å². The molecule has 1 atom stereocenters. The highest BCUT2D eigenvalue weighted by Crippen LogP contribution is 2.24. The molecular weight excluding hydrogens is 391 g/mol. The zero-order chi connectivity index (χ0) is 17.9. The molecule has 0 aliphatic rings. The van der Waals surface area contributed by atoms with Crippen molar-refractivity contribution in [3.05, 3.63) is 69.4 Å². The van der Waals surface area contributed by atoms with Crippen LogP contribution in [0.4, 0.5) is 4.39 Å². The van der Waals surface area contributed by atoms with E-state index in [2.05, 4.69) is 20.3 Å². The standard InChI is InChI=1S/C18H16BrFN2OS/c1-18(2,3)24(23)22-17(12-5-4-6-14(19)9-12)16-10-15(20)8-7-13(16)11-21/h4-10H,1-3H3. The second kappa shape index (κ2) is 7.47. The fourth-order valence-electron chi connectivity index (χ4n) is 1.92. The van der Waals surface area contributed by atoms with Gasteiger partial charge in [-0.2, -0.15) is 5.26 Å². The topological polar surface area (TPSA) is 59.2 Å². The van der Waals surface area contributed by atoms with E-state index in [1.54, 1.807) is 18.2 Å². The van der Waals surface area contributed by atoms with Gasteiger partial charge in [0.05, 0.1) is 11.6 Å². The molecule has 24 heavy (non-hydrogen) atoms. The summed E-state index contributed by atoms with van der Waals surface area (Å²) in [4.78, 5) is 0. The Labute approximate surface area is 152 Å². The molecule has 0 aromatic heterocycles. The molecule has 0 spiro atoms. The fourth-order valence-corrected chi connectivity index (χ4v) is 2.97. The lowest BCUT2D eigenvalue weighted by Crippen LogP contribution is -2.27. The third kappa shape index (κ3) is 4.44. The van der Waals surface area contributed by atoms with Crippen molar-refractivity contribution in [2.45, 2.75) is 25.5 Å². The Morgan fingerprint density at radius 1 is 1.25 bits per heavy atom. The van der Waals surface area contributed by atoms with Crippen molar-refractivity contribution < 1.29 is 8.94 Å². The van der Waals surface area contributed by atoms with Crippen molar-refractivity contribution in [1.29, 1.82) is 5.26 Å². The summed E-state index contributed by atoms with van der Waals surface area (Å²) in [5.74, 6) is -0.478. The quantitative estimate of drug-likeness (QED) is 0.544. The van der Waals surface area contributed by atoms with E-state index in [0.717, 1.165) is 4.47 Å². The molecule has 0 fully saturated rings. The molecule has 3 nitrogen and oxygen atoms in total. The predicted molar refractivity (Wildman–Crippen MR) is 98.8 cm³/mol. The molecule has 0 radical (unpaired) electrons. The molecule has 124 valence electrons. The van der Waals surface area contributed by atoms with Gasteiger partial charge in [-0.25, -0.2) is 4.39 Å². The first-order chi connectivity index (χ1) is 11.2. The van der Waals surface area contributed by atoms with Crippen LogP contribution in [0.2, 0.25) is 0 Å². The summed E-state index contributed by atoms with van der Waals surface area (Å²) in [5, 5.41) is 9.34. The van der Waals surface area contributed by atoms with Gasteiger partial charge in [0.25, 0.3) is 0 Å². The average Bonchev–Trinajstić information content (AvgIpc) is 2.51. The molecule has 0 saturated heterocycles. The highest BCUT2D eigenvalue weighted by atomic mass is 79.9. The third-order valence-corrected chi connectivity index (χ3v) is 5.04. The molecular formula is C18H16BrFN2OS. The van der Waals surface area contributed by atoms with Gasteiger partial charge in [-0.3, -0.25) is 0 Å². The van der Waals surface area contributed by atoms with Gasteiger partial charge in [-0.1, -0.05) is 32.5 Å². The average molecular weight is 407 g/mol. The lowest BCUT2D eigenvalue weighted by atomic mass is 9.98. The number of halogens is 2. The van der Waals surface area contributed by atoms with E-state index in [1.807, 2.05) is 32.9 Å². The summed E-state index contributed by atoms with van der Waals surface area (Å²) >= 11 is 1.84. The summed E-state index contributed by atoms with van der Waals surface area (Å²) < 4.78 is 30.9. The number of hydrogen-bond acceptors (Lipinski definition) is 3. The zero-order valence-electron chi connectivity index (χ0n) is 13.5. The Morgan fingerprint density at radius 2 is 1.96 bits per heavy atom. The van der Waals surface area contributed by atoms with Crippen molar-refractivity contribution in [2.24, 2.45) is 4.40 Å². The van der Waals surface area contributed by atoms with Crippen LogP contribution < -0.4 is 0 Å². The summed E-state index contributed by atoms with van der Waals surface area (Å²) in [6.45, 7) is 5.42. The van der Waals surface area contributed by atoms with Gasteiger partial charge >= 0.3 is 0 Å². The van der Waals surface area contributed by atoms with Crippen LogP contribution in [0.5, 0.6) is 0 Å². The Bertz CT molecular complexity index is 824. The number of rotatable bonds is 3. The largest absolute Gasteiger partial charge is 0.591 e. The normalized spacial score (nSPS) is 13.5. The van der Waals surface area contributed by atoms with Crippen LogP contribution in [0.3, 0.4) is 0 Å². The molecule has 2 aromatic carbocycles. The predicted octanol–water partition coefficient (Wildman–Crippen LogP) is 4.76. The number of nitriles is 1. The van der Waals surface area contributed by atoms with E-state index < -0.39 is 21.9 Å². The van der Waals surface area contributed by atoms with Crippen molar-refractivity contribution in [1.82, 2.24) is 0 Å². The minimum absolute atomic E-state index is 0.279. The van der Waals surface area contributed by atoms with Gasteiger partial charge in [0.15, 0.2) is 0 Å². The van der Waals surface area contributed by atoms with E-state index in [4.69, 9.17) is 0 Å². The van der Waals surface area contributed by atoms with Crippen molar-refractivity contribution in [3.8, 4) is 6.07 Å². The van der Waals surface area contributed by atoms with Gasteiger partial charge < -0.3 is 4.55 Å². The summed E-state index contributed by atoms with van der Waals surface area (Å²) in [5.41, 5.74) is 1.60. The lowest BCUT2D eigenvalue weighted by Gasteiger charge is -2.20. The lowest BCUT2D eigenvalue weighted by molar-refractivity contribution is 0.561. The Balaban J connectivity index is 2.71. The molecule has 0 saturated carbocycles. The Morgan fingerprint density at radius 3 is 2.54 bits per heavy atom. The van der Waals surface area contributed by atoms with Crippen LogP contribution in [-0.2, 0) is 11.4 Å². The Hall–Kier alpha value is -1.68. The summed E-state index contributed by atoms with van der Waals surface area (Å²) in [6, 6.07) is 13.1. The number of benzene rings is 2. The number of hydrogen-bond donors (Lipinski definition) is 0. The highest BCUT2D eigenvalue weighted by molar-refractivity contribution is 9.10. The Kier molecular flexibility index (Phi) is 5.81. The molecule has 0 aliphatic carbocycles. The summed E-state index contributed by atoms with van der Waals surface area (Å²) in [6.07, 6.45) is 0. The molecule has 2 aromatic rings. The fraction of sp³-hybridized carbons (Fsp3) is 0.222. The van der Waals surface area contributed by atoms with E-state index in [-0.39, 0.29) is 5.56 Å². The maximum Gasteiger partial charge on any atom is 0.144 e. The highest BCUT2D eigenvalue weighted by Gasteiger charge is 2.28. The smallest absolute Gasteiger partial charge is 0.144 e. The van der Waals surface area contributed by atoms with Crippen LogP contribution in [0.1, 0.15) is 37.5 Å².